The van der Waals surface area contributed by atoms with Crippen LogP contribution < -0.4 is 5.56 Å². The summed E-state index contributed by atoms with van der Waals surface area (Å²) in [5.74, 6) is 0.691. The van der Waals surface area contributed by atoms with Crippen LogP contribution in [0, 0.1) is 6.92 Å². The first-order valence-electron chi connectivity index (χ1n) is 5.87. The van der Waals surface area contributed by atoms with Gasteiger partial charge in [0.15, 0.2) is 0 Å². The molecule has 0 saturated carbocycles. The van der Waals surface area contributed by atoms with Crippen LogP contribution in [-0.2, 0) is 11.2 Å². The molecule has 0 spiro atoms. The van der Waals surface area contributed by atoms with Crippen molar-refractivity contribution in [3.05, 3.63) is 27.4 Å². The fourth-order valence-corrected chi connectivity index (χ4v) is 2.10. The van der Waals surface area contributed by atoms with Crippen LogP contribution in [0.2, 0.25) is 0 Å². The minimum atomic E-state index is -0.0370. The lowest BCUT2D eigenvalue weighted by molar-refractivity contribution is 0.0500. The van der Waals surface area contributed by atoms with E-state index in [-0.39, 0.29) is 17.8 Å². The van der Waals surface area contributed by atoms with E-state index in [4.69, 9.17) is 4.74 Å². The number of nitrogens with zero attached hydrogens (tertiary/aromatic N) is 1. The van der Waals surface area contributed by atoms with E-state index in [1.807, 2.05) is 20.8 Å². The molecule has 1 fully saturated rings. The van der Waals surface area contributed by atoms with E-state index in [1.165, 1.54) is 0 Å². The van der Waals surface area contributed by atoms with Crippen molar-refractivity contribution in [1.82, 2.24) is 9.97 Å². The molecule has 88 valence electrons. The van der Waals surface area contributed by atoms with Gasteiger partial charge in [-0.3, -0.25) is 4.79 Å². The van der Waals surface area contributed by atoms with Gasteiger partial charge in [0.1, 0.15) is 11.9 Å². The first-order chi connectivity index (χ1) is 7.61. The van der Waals surface area contributed by atoms with Crippen molar-refractivity contribution in [2.75, 3.05) is 0 Å². The zero-order valence-electron chi connectivity index (χ0n) is 10.0. The van der Waals surface area contributed by atoms with Crippen molar-refractivity contribution in [3.8, 4) is 0 Å². The largest absolute Gasteiger partial charge is 0.367 e. The van der Waals surface area contributed by atoms with Crippen molar-refractivity contribution >= 4 is 0 Å². The Morgan fingerprint density at radius 2 is 2.25 bits per heavy atom. The van der Waals surface area contributed by atoms with Gasteiger partial charge in [0.2, 0.25) is 0 Å². The Labute approximate surface area is 95.1 Å². The first-order valence-corrected chi connectivity index (χ1v) is 5.87. The number of H-pyrrole nitrogens is 1. The van der Waals surface area contributed by atoms with Crippen molar-refractivity contribution in [2.24, 2.45) is 0 Å². The monoisotopic (exact) mass is 222 g/mol. The Hall–Kier alpha value is -1.16. The molecule has 1 aromatic heterocycles. The van der Waals surface area contributed by atoms with Crippen LogP contribution in [0.1, 0.15) is 49.9 Å². The molecule has 2 rings (SSSR count). The summed E-state index contributed by atoms with van der Waals surface area (Å²) in [4.78, 5) is 19.0. The van der Waals surface area contributed by atoms with Crippen molar-refractivity contribution in [2.45, 2.75) is 52.2 Å². The molecular formula is C12H18N2O2. The van der Waals surface area contributed by atoms with Gasteiger partial charge in [0.25, 0.3) is 5.56 Å². The fourth-order valence-electron chi connectivity index (χ4n) is 2.10. The van der Waals surface area contributed by atoms with E-state index in [1.54, 1.807) is 0 Å². The number of ether oxygens (including phenoxy) is 1. The molecule has 1 aliphatic heterocycles. The minimum Gasteiger partial charge on any atom is -0.367 e. The van der Waals surface area contributed by atoms with E-state index in [0.29, 0.717) is 5.82 Å². The summed E-state index contributed by atoms with van der Waals surface area (Å²) < 4.78 is 5.71. The highest BCUT2D eigenvalue weighted by Crippen LogP contribution is 2.30. The molecule has 2 heterocycles. The van der Waals surface area contributed by atoms with Crippen LogP contribution in [0.15, 0.2) is 4.79 Å². The molecule has 1 saturated heterocycles. The number of hydrogen-bond donors (Lipinski definition) is 1. The normalized spacial score (nSPS) is 24.9. The number of aromatic amines is 1. The fraction of sp³-hybridized carbons (Fsp3) is 0.667. The van der Waals surface area contributed by atoms with Crippen molar-refractivity contribution in [3.63, 3.8) is 0 Å². The van der Waals surface area contributed by atoms with Crippen molar-refractivity contribution in [1.29, 1.82) is 0 Å². The Balaban J connectivity index is 2.35. The second kappa shape index (κ2) is 4.37. The van der Waals surface area contributed by atoms with Gasteiger partial charge in [0, 0.05) is 5.56 Å². The second-order valence-corrected chi connectivity index (χ2v) is 4.39. The average Bonchev–Trinajstić information content (AvgIpc) is 2.69. The zero-order valence-corrected chi connectivity index (χ0v) is 10.0. The van der Waals surface area contributed by atoms with Gasteiger partial charge >= 0.3 is 0 Å². The second-order valence-electron chi connectivity index (χ2n) is 4.39. The molecule has 4 heteroatoms. The molecule has 0 amide bonds. The van der Waals surface area contributed by atoms with E-state index >= 15 is 0 Å². The van der Waals surface area contributed by atoms with E-state index in [0.717, 1.165) is 30.5 Å². The van der Waals surface area contributed by atoms with Gasteiger partial charge in [-0.25, -0.2) is 4.98 Å². The smallest absolute Gasteiger partial charge is 0.254 e. The summed E-state index contributed by atoms with van der Waals surface area (Å²) in [6.45, 7) is 5.87. The summed E-state index contributed by atoms with van der Waals surface area (Å²) in [5, 5.41) is 0. The van der Waals surface area contributed by atoms with Crippen LogP contribution in [-0.4, -0.2) is 16.1 Å². The lowest BCUT2D eigenvalue weighted by atomic mass is 10.1. The Bertz CT molecular complexity index is 439. The number of nitrogens with one attached hydrogen (secondary N) is 1. The lowest BCUT2D eigenvalue weighted by Crippen LogP contribution is -2.19. The summed E-state index contributed by atoms with van der Waals surface area (Å²) >= 11 is 0. The van der Waals surface area contributed by atoms with Gasteiger partial charge in [-0.15, -0.1) is 0 Å². The van der Waals surface area contributed by atoms with Crippen LogP contribution in [0.25, 0.3) is 0 Å². The van der Waals surface area contributed by atoms with E-state index < -0.39 is 0 Å². The average molecular weight is 222 g/mol. The Morgan fingerprint density at radius 1 is 1.50 bits per heavy atom. The number of rotatable bonds is 2. The quantitative estimate of drug-likeness (QED) is 0.831. The molecule has 16 heavy (non-hydrogen) atoms. The lowest BCUT2D eigenvalue weighted by Gasteiger charge is -2.12. The first kappa shape index (κ1) is 11.3. The summed E-state index contributed by atoms with van der Waals surface area (Å²) in [7, 11) is 0. The molecule has 2 unspecified atom stereocenters. The summed E-state index contributed by atoms with van der Waals surface area (Å²) in [6, 6.07) is 0. The predicted octanol–water partition coefficient (Wildman–Crippen LogP) is 1.88. The van der Waals surface area contributed by atoms with Crippen LogP contribution in [0.5, 0.6) is 0 Å². The van der Waals surface area contributed by atoms with Gasteiger partial charge in [-0.1, -0.05) is 6.92 Å². The molecule has 0 aliphatic carbocycles. The Morgan fingerprint density at radius 3 is 2.81 bits per heavy atom. The maximum Gasteiger partial charge on any atom is 0.254 e. The number of aryl methyl sites for hydroxylation is 1. The summed E-state index contributed by atoms with van der Waals surface area (Å²) in [6.07, 6.45) is 2.99. The molecular weight excluding hydrogens is 204 g/mol. The number of aromatic nitrogens is 2. The van der Waals surface area contributed by atoms with Gasteiger partial charge in [-0.05, 0) is 33.1 Å². The van der Waals surface area contributed by atoms with Crippen LogP contribution in [0.3, 0.4) is 0 Å². The third kappa shape index (κ3) is 2.02. The number of hydrogen-bond acceptors (Lipinski definition) is 3. The molecule has 0 radical (unpaired) electrons. The maximum absolute atomic E-state index is 11.7. The molecule has 0 aromatic carbocycles. The van der Waals surface area contributed by atoms with Crippen LogP contribution >= 0.6 is 0 Å². The highest BCUT2D eigenvalue weighted by Gasteiger charge is 2.25. The molecule has 4 nitrogen and oxygen atoms in total. The highest BCUT2D eigenvalue weighted by atomic mass is 16.5. The van der Waals surface area contributed by atoms with Gasteiger partial charge in [-0.2, -0.15) is 0 Å². The Kier molecular flexibility index (Phi) is 3.10. The third-order valence-corrected chi connectivity index (χ3v) is 3.14. The molecule has 0 bridgehead atoms. The molecule has 2 atom stereocenters. The highest BCUT2D eigenvalue weighted by molar-refractivity contribution is 5.16. The third-order valence-electron chi connectivity index (χ3n) is 3.14. The zero-order chi connectivity index (χ0) is 11.7. The molecule has 1 N–H and O–H groups in total. The molecule has 1 aromatic rings. The van der Waals surface area contributed by atoms with E-state index in [2.05, 4.69) is 9.97 Å². The predicted molar refractivity (Wildman–Crippen MR) is 61.5 cm³/mol. The minimum absolute atomic E-state index is 0.0337. The van der Waals surface area contributed by atoms with E-state index in [9.17, 15) is 4.79 Å². The standard InChI is InChI=1S/C12H18N2O2/c1-4-9-8(3)12(15)14-11(13-9)10-6-5-7(2)16-10/h7,10H,4-6H2,1-3H3,(H,13,14,15). The van der Waals surface area contributed by atoms with Gasteiger partial charge in [0.05, 0.1) is 11.8 Å². The summed E-state index contributed by atoms with van der Waals surface area (Å²) in [5.41, 5.74) is 1.56. The van der Waals surface area contributed by atoms with Crippen molar-refractivity contribution < 1.29 is 4.74 Å². The molecule has 1 aliphatic rings. The maximum atomic E-state index is 11.7. The SMILES string of the molecule is CCc1nc(C2CCC(C)O2)[nH]c(=O)c1C. The van der Waals surface area contributed by atoms with Gasteiger partial charge < -0.3 is 9.72 Å². The van der Waals surface area contributed by atoms with Crippen LogP contribution in [0.4, 0.5) is 0 Å². The topological polar surface area (TPSA) is 55.0 Å².